The smallest absolute Gasteiger partial charge is 0.220 e. The normalized spacial score (nSPS) is 17.7. The highest BCUT2D eigenvalue weighted by Gasteiger charge is 2.25. The molecule has 0 bridgehead atoms. The van der Waals surface area contributed by atoms with Crippen LogP contribution in [0.25, 0.3) is 0 Å². The minimum Gasteiger partial charge on any atom is -0.347 e. The van der Waals surface area contributed by atoms with Crippen LogP contribution in [0.2, 0.25) is 5.02 Å². The fourth-order valence-corrected chi connectivity index (χ4v) is 3.07. The number of rotatable bonds is 4. The molecular formula is C17H25ClN2O. The summed E-state index contributed by atoms with van der Waals surface area (Å²) in [5.74, 6) is 0.644. The summed E-state index contributed by atoms with van der Waals surface area (Å²) in [4.78, 5) is 14.6. The van der Waals surface area contributed by atoms with E-state index < -0.39 is 5.54 Å². The summed E-state index contributed by atoms with van der Waals surface area (Å²) in [5, 5.41) is 3.85. The zero-order valence-electron chi connectivity index (χ0n) is 13.2. The summed E-state index contributed by atoms with van der Waals surface area (Å²) >= 11 is 6.04. The molecule has 1 fully saturated rings. The van der Waals surface area contributed by atoms with Crippen molar-refractivity contribution in [2.75, 3.05) is 20.1 Å². The van der Waals surface area contributed by atoms with Crippen LogP contribution >= 0.6 is 11.6 Å². The van der Waals surface area contributed by atoms with Crippen LogP contribution in [0.4, 0.5) is 0 Å². The van der Waals surface area contributed by atoms with E-state index in [1.54, 1.807) is 0 Å². The van der Waals surface area contributed by atoms with Crippen LogP contribution in [0.5, 0.6) is 0 Å². The summed E-state index contributed by atoms with van der Waals surface area (Å²) in [6.45, 7) is 6.22. The Morgan fingerprint density at radius 1 is 1.38 bits per heavy atom. The van der Waals surface area contributed by atoms with Gasteiger partial charge in [0.05, 0.1) is 5.54 Å². The van der Waals surface area contributed by atoms with Gasteiger partial charge in [-0.25, -0.2) is 0 Å². The number of hydrogen-bond acceptors (Lipinski definition) is 2. The first-order valence-electron chi connectivity index (χ1n) is 7.62. The minimum absolute atomic E-state index is 0.134. The zero-order valence-corrected chi connectivity index (χ0v) is 13.9. The molecule has 1 heterocycles. The fraction of sp³-hybridized carbons (Fsp3) is 0.588. The second-order valence-corrected chi connectivity index (χ2v) is 7.07. The van der Waals surface area contributed by atoms with Crippen molar-refractivity contribution in [3.8, 4) is 0 Å². The number of carbonyl (C=O) groups excluding carboxylic acids is 1. The van der Waals surface area contributed by atoms with Gasteiger partial charge in [0.25, 0.3) is 0 Å². The van der Waals surface area contributed by atoms with Crippen molar-refractivity contribution in [2.45, 2.75) is 38.6 Å². The molecule has 1 saturated heterocycles. The average molecular weight is 309 g/mol. The molecule has 0 aliphatic carbocycles. The second kappa shape index (κ2) is 6.80. The summed E-state index contributed by atoms with van der Waals surface area (Å²) in [5.41, 5.74) is 0.639. The van der Waals surface area contributed by atoms with Crippen LogP contribution in [-0.2, 0) is 10.3 Å². The van der Waals surface area contributed by atoms with Crippen molar-refractivity contribution in [3.05, 3.63) is 34.9 Å². The predicted octanol–water partition coefficient (Wildman–Crippen LogP) is 3.42. The second-order valence-electron chi connectivity index (χ2n) is 6.63. The molecule has 4 heteroatoms. The standard InChI is InChI=1S/C17H25ClN2O/c1-17(2,14-5-4-6-15(18)12-14)19-16(21)11-13-7-9-20(3)10-8-13/h4-6,12-13H,7-11H2,1-3H3,(H,19,21). The van der Waals surface area contributed by atoms with Gasteiger partial charge in [-0.3, -0.25) is 4.79 Å². The molecule has 1 N–H and O–H groups in total. The molecule has 0 unspecified atom stereocenters. The number of carbonyl (C=O) groups is 1. The molecule has 0 saturated carbocycles. The summed E-state index contributed by atoms with van der Waals surface area (Å²) in [6.07, 6.45) is 2.85. The molecule has 116 valence electrons. The third-order valence-corrected chi connectivity index (χ3v) is 4.55. The Morgan fingerprint density at radius 3 is 2.67 bits per heavy atom. The number of nitrogens with zero attached hydrogens (tertiary/aromatic N) is 1. The Hall–Kier alpha value is -1.06. The van der Waals surface area contributed by atoms with E-state index in [1.807, 2.05) is 38.1 Å². The lowest BCUT2D eigenvalue weighted by Gasteiger charge is -2.31. The number of benzene rings is 1. The van der Waals surface area contributed by atoms with Crippen molar-refractivity contribution in [1.29, 1.82) is 0 Å². The molecule has 0 atom stereocenters. The molecule has 0 radical (unpaired) electrons. The average Bonchev–Trinajstić information content (AvgIpc) is 2.41. The number of piperidine rings is 1. The van der Waals surface area contributed by atoms with Gasteiger partial charge < -0.3 is 10.2 Å². The van der Waals surface area contributed by atoms with E-state index >= 15 is 0 Å². The van der Waals surface area contributed by atoms with E-state index in [-0.39, 0.29) is 5.91 Å². The molecule has 1 aliphatic heterocycles. The largest absolute Gasteiger partial charge is 0.347 e. The quantitative estimate of drug-likeness (QED) is 0.924. The van der Waals surface area contributed by atoms with Gasteiger partial charge in [-0.2, -0.15) is 0 Å². The Morgan fingerprint density at radius 2 is 2.05 bits per heavy atom. The fourth-order valence-electron chi connectivity index (χ4n) is 2.88. The van der Waals surface area contributed by atoms with Crippen molar-refractivity contribution in [3.63, 3.8) is 0 Å². The first kappa shape index (κ1) is 16.3. The maximum absolute atomic E-state index is 12.3. The number of amides is 1. The van der Waals surface area contributed by atoms with Crippen molar-refractivity contribution < 1.29 is 4.79 Å². The molecular weight excluding hydrogens is 284 g/mol. The number of halogens is 1. The first-order valence-corrected chi connectivity index (χ1v) is 8.00. The Balaban J connectivity index is 1.92. The van der Waals surface area contributed by atoms with Gasteiger partial charge in [0.15, 0.2) is 0 Å². The predicted molar refractivity (Wildman–Crippen MR) is 87.5 cm³/mol. The third-order valence-electron chi connectivity index (χ3n) is 4.31. The van der Waals surface area contributed by atoms with Gasteiger partial charge in [-0.15, -0.1) is 0 Å². The molecule has 0 spiro atoms. The van der Waals surface area contributed by atoms with Crippen molar-refractivity contribution in [1.82, 2.24) is 10.2 Å². The van der Waals surface area contributed by atoms with E-state index in [4.69, 9.17) is 11.6 Å². The van der Waals surface area contributed by atoms with E-state index in [0.29, 0.717) is 17.4 Å². The van der Waals surface area contributed by atoms with Gasteiger partial charge in [0.1, 0.15) is 0 Å². The lowest BCUT2D eigenvalue weighted by molar-refractivity contribution is -0.124. The number of nitrogens with one attached hydrogen (secondary N) is 1. The molecule has 3 nitrogen and oxygen atoms in total. The highest BCUT2D eigenvalue weighted by Crippen LogP contribution is 2.24. The Bertz CT molecular complexity index is 493. The van der Waals surface area contributed by atoms with Crippen LogP contribution in [0.1, 0.15) is 38.7 Å². The Labute approximate surface area is 132 Å². The van der Waals surface area contributed by atoms with E-state index in [1.165, 1.54) is 0 Å². The summed E-state index contributed by atoms with van der Waals surface area (Å²) < 4.78 is 0. The number of likely N-dealkylation sites (tertiary alicyclic amines) is 1. The van der Waals surface area contributed by atoms with E-state index in [0.717, 1.165) is 31.5 Å². The molecule has 2 rings (SSSR count). The van der Waals surface area contributed by atoms with E-state index in [2.05, 4.69) is 17.3 Å². The summed E-state index contributed by atoms with van der Waals surface area (Å²) in [6, 6.07) is 7.68. The van der Waals surface area contributed by atoms with Crippen molar-refractivity contribution >= 4 is 17.5 Å². The van der Waals surface area contributed by atoms with Crippen LogP contribution in [0.3, 0.4) is 0 Å². The first-order chi connectivity index (χ1) is 9.87. The minimum atomic E-state index is -0.395. The molecule has 21 heavy (non-hydrogen) atoms. The van der Waals surface area contributed by atoms with Gasteiger partial charge in [0.2, 0.25) is 5.91 Å². The monoisotopic (exact) mass is 308 g/mol. The van der Waals surface area contributed by atoms with Crippen LogP contribution in [0.15, 0.2) is 24.3 Å². The van der Waals surface area contributed by atoms with Gasteiger partial charge in [-0.1, -0.05) is 23.7 Å². The van der Waals surface area contributed by atoms with Gasteiger partial charge in [-0.05, 0) is 70.4 Å². The topological polar surface area (TPSA) is 32.3 Å². The van der Waals surface area contributed by atoms with Crippen LogP contribution in [-0.4, -0.2) is 30.9 Å². The number of hydrogen-bond donors (Lipinski definition) is 1. The van der Waals surface area contributed by atoms with Crippen LogP contribution in [0, 0.1) is 5.92 Å². The molecule has 1 amide bonds. The summed E-state index contributed by atoms with van der Waals surface area (Å²) in [7, 11) is 2.14. The van der Waals surface area contributed by atoms with Gasteiger partial charge >= 0.3 is 0 Å². The lowest BCUT2D eigenvalue weighted by atomic mass is 9.91. The zero-order chi connectivity index (χ0) is 15.5. The third kappa shape index (κ3) is 4.72. The lowest BCUT2D eigenvalue weighted by Crippen LogP contribution is -2.42. The maximum Gasteiger partial charge on any atom is 0.220 e. The Kier molecular flexibility index (Phi) is 5.28. The molecule has 0 aromatic heterocycles. The van der Waals surface area contributed by atoms with Crippen molar-refractivity contribution in [2.24, 2.45) is 5.92 Å². The highest BCUT2D eigenvalue weighted by atomic mass is 35.5. The highest BCUT2D eigenvalue weighted by molar-refractivity contribution is 6.30. The maximum atomic E-state index is 12.3. The van der Waals surface area contributed by atoms with Gasteiger partial charge in [0, 0.05) is 11.4 Å². The molecule has 1 aromatic rings. The molecule has 1 aromatic carbocycles. The molecule has 1 aliphatic rings. The van der Waals surface area contributed by atoms with E-state index in [9.17, 15) is 4.79 Å². The SMILES string of the molecule is CN1CCC(CC(=O)NC(C)(C)c2cccc(Cl)c2)CC1. The van der Waals surface area contributed by atoms with Crippen LogP contribution < -0.4 is 5.32 Å².